The van der Waals surface area contributed by atoms with Gasteiger partial charge in [-0.05, 0) is 56.0 Å². The first-order valence-corrected chi connectivity index (χ1v) is 10.4. The molecule has 0 bridgehead atoms. The molecule has 0 radical (unpaired) electrons. The Kier molecular flexibility index (Phi) is 7.67. The van der Waals surface area contributed by atoms with Crippen LogP contribution in [0, 0.1) is 0 Å². The summed E-state index contributed by atoms with van der Waals surface area (Å²) >= 11 is 0. The molecule has 164 valence electrons. The average Bonchev–Trinajstić information content (AvgIpc) is 3.24. The quantitative estimate of drug-likeness (QED) is 0.492. The van der Waals surface area contributed by atoms with Gasteiger partial charge in [0.25, 0.3) is 5.91 Å². The number of nitrogens with zero attached hydrogens (tertiary/aromatic N) is 2. The zero-order valence-corrected chi connectivity index (χ0v) is 17.9. The fourth-order valence-electron chi connectivity index (χ4n) is 3.45. The van der Waals surface area contributed by atoms with Crippen molar-refractivity contribution in [2.24, 2.45) is 5.73 Å². The van der Waals surface area contributed by atoms with Gasteiger partial charge in [0.1, 0.15) is 23.8 Å². The maximum absolute atomic E-state index is 11.3. The van der Waals surface area contributed by atoms with Gasteiger partial charge < -0.3 is 24.9 Å². The van der Waals surface area contributed by atoms with Crippen LogP contribution in [0.2, 0.25) is 0 Å². The van der Waals surface area contributed by atoms with E-state index in [2.05, 4.69) is 4.98 Å². The first-order chi connectivity index (χ1) is 15.0. The molecule has 0 saturated carbocycles. The molecule has 0 fully saturated rings. The summed E-state index contributed by atoms with van der Waals surface area (Å²) in [7, 11) is 0. The van der Waals surface area contributed by atoms with E-state index >= 15 is 0 Å². The van der Waals surface area contributed by atoms with Crippen molar-refractivity contribution >= 4 is 5.91 Å². The van der Waals surface area contributed by atoms with Crippen LogP contribution in [-0.2, 0) is 13.0 Å². The van der Waals surface area contributed by atoms with Crippen LogP contribution in [-0.4, -0.2) is 33.3 Å². The Hall–Kier alpha value is -3.32. The number of aryl methyl sites for hydroxylation is 1. The predicted molar refractivity (Wildman–Crippen MR) is 118 cm³/mol. The number of primary amides is 1. The minimum Gasteiger partial charge on any atom is -0.494 e. The summed E-state index contributed by atoms with van der Waals surface area (Å²) in [6.07, 6.45) is 3.83. The molecule has 7 heteroatoms. The molecular formula is C24H29N3O4. The zero-order chi connectivity index (χ0) is 22.2. The van der Waals surface area contributed by atoms with Crippen molar-refractivity contribution in [1.82, 2.24) is 9.55 Å². The van der Waals surface area contributed by atoms with Crippen molar-refractivity contribution in [1.29, 1.82) is 0 Å². The van der Waals surface area contributed by atoms with E-state index in [1.54, 1.807) is 17.7 Å². The number of imidazole rings is 1. The topological polar surface area (TPSA) is 99.6 Å². The molecule has 2 aromatic carbocycles. The summed E-state index contributed by atoms with van der Waals surface area (Å²) in [5, 5.41) is 10.3. The largest absolute Gasteiger partial charge is 0.494 e. The molecule has 7 nitrogen and oxygen atoms in total. The number of carbonyl (C=O) groups excluding carboxylic acids is 1. The second-order valence-corrected chi connectivity index (χ2v) is 7.39. The van der Waals surface area contributed by atoms with Gasteiger partial charge in [0, 0.05) is 6.20 Å². The van der Waals surface area contributed by atoms with Gasteiger partial charge in [0.2, 0.25) is 0 Å². The van der Waals surface area contributed by atoms with Crippen LogP contribution in [0.15, 0.2) is 61.1 Å². The molecule has 2 atom stereocenters. The van der Waals surface area contributed by atoms with Gasteiger partial charge in [0.15, 0.2) is 0 Å². The molecule has 0 aliphatic rings. The maximum Gasteiger partial charge on any atom is 0.268 e. The lowest BCUT2D eigenvalue weighted by atomic mass is 10.0. The number of para-hydroxylation sites is 1. The van der Waals surface area contributed by atoms with Crippen molar-refractivity contribution in [3.63, 3.8) is 0 Å². The average molecular weight is 424 g/mol. The standard InChI is InChI=1S/C24H29N3O4/c1-3-30-20-11-8-18(9-12-20)15-31-23-7-5-4-6-19(23)10-13-22(17(2)28)27-14-21(24(25)29)26-16-27/h4-9,11-12,14,16-17,22,28H,3,10,13,15H2,1-2H3,(H2,25,29)/t17-,22+/m0/s1. The summed E-state index contributed by atoms with van der Waals surface area (Å²) in [6.45, 7) is 4.77. The van der Waals surface area contributed by atoms with Crippen LogP contribution in [0.3, 0.4) is 0 Å². The van der Waals surface area contributed by atoms with Gasteiger partial charge in [0.05, 0.1) is 25.1 Å². The molecular weight excluding hydrogens is 394 g/mol. The molecule has 1 heterocycles. The van der Waals surface area contributed by atoms with Gasteiger partial charge in [-0.3, -0.25) is 4.79 Å². The van der Waals surface area contributed by atoms with Crippen LogP contribution in [0.1, 0.15) is 47.9 Å². The maximum atomic E-state index is 11.3. The lowest BCUT2D eigenvalue weighted by Gasteiger charge is -2.22. The van der Waals surface area contributed by atoms with E-state index in [4.69, 9.17) is 15.2 Å². The Bertz CT molecular complexity index is 982. The van der Waals surface area contributed by atoms with Crippen LogP contribution in [0.5, 0.6) is 11.5 Å². The lowest BCUT2D eigenvalue weighted by Crippen LogP contribution is -2.21. The highest BCUT2D eigenvalue weighted by Crippen LogP contribution is 2.26. The molecule has 1 amide bonds. The summed E-state index contributed by atoms with van der Waals surface area (Å²) in [4.78, 5) is 15.3. The second kappa shape index (κ2) is 10.6. The summed E-state index contributed by atoms with van der Waals surface area (Å²) in [5.41, 5.74) is 7.58. The van der Waals surface area contributed by atoms with E-state index in [-0.39, 0.29) is 11.7 Å². The van der Waals surface area contributed by atoms with Crippen molar-refractivity contribution < 1.29 is 19.4 Å². The number of rotatable bonds is 11. The molecule has 0 saturated heterocycles. The van der Waals surface area contributed by atoms with Crippen LogP contribution >= 0.6 is 0 Å². The number of hydrogen-bond acceptors (Lipinski definition) is 5. The fourth-order valence-corrected chi connectivity index (χ4v) is 3.45. The predicted octanol–water partition coefficient (Wildman–Crippen LogP) is 3.51. The van der Waals surface area contributed by atoms with Crippen molar-refractivity contribution in [2.45, 2.75) is 45.4 Å². The molecule has 0 unspecified atom stereocenters. The second-order valence-electron chi connectivity index (χ2n) is 7.39. The van der Waals surface area contributed by atoms with Gasteiger partial charge in [-0.25, -0.2) is 4.98 Å². The zero-order valence-electron chi connectivity index (χ0n) is 17.9. The van der Waals surface area contributed by atoms with E-state index in [1.807, 2.05) is 55.5 Å². The molecule has 1 aromatic heterocycles. The minimum absolute atomic E-state index is 0.185. The van der Waals surface area contributed by atoms with E-state index < -0.39 is 12.0 Å². The molecule has 3 aromatic rings. The van der Waals surface area contributed by atoms with Gasteiger partial charge in [-0.15, -0.1) is 0 Å². The highest BCUT2D eigenvalue weighted by atomic mass is 16.5. The number of aromatic nitrogens is 2. The third kappa shape index (κ3) is 6.08. The molecule has 3 N–H and O–H groups in total. The van der Waals surface area contributed by atoms with Gasteiger partial charge in [-0.1, -0.05) is 30.3 Å². The van der Waals surface area contributed by atoms with Gasteiger partial charge in [-0.2, -0.15) is 0 Å². The number of hydrogen-bond donors (Lipinski definition) is 2. The molecule has 0 aliphatic carbocycles. The fraction of sp³-hybridized carbons (Fsp3) is 0.333. The Morgan fingerprint density at radius 1 is 1.16 bits per heavy atom. The number of carbonyl (C=O) groups is 1. The number of aliphatic hydroxyl groups is 1. The number of aliphatic hydroxyl groups excluding tert-OH is 1. The molecule has 0 aliphatic heterocycles. The van der Waals surface area contributed by atoms with Crippen molar-refractivity contribution in [2.75, 3.05) is 6.61 Å². The summed E-state index contributed by atoms with van der Waals surface area (Å²) < 4.78 is 13.3. The normalized spacial score (nSPS) is 12.9. The van der Waals surface area contributed by atoms with Crippen LogP contribution < -0.4 is 15.2 Å². The number of benzene rings is 2. The van der Waals surface area contributed by atoms with Crippen molar-refractivity contribution in [3.05, 3.63) is 77.9 Å². The number of amides is 1. The molecule has 31 heavy (non-hydrogen) atoms. The monoisotopic (exact) mass is 423 g/mol. The van der Waals surface area contributed by atoms with E-state index in [9.17, 15) is 9.90 Å². The summed E-state index contributed by atoms with van der Waals surface area (Å²) in [6, 6.07) is 15.5. The highest BCUT2D eigenvalue weighted by Gasteiger charge is 2.19. The summed E-state index contributed by atoms with van der Waals surface area (Å²) in [5.74, 6) is 1.06. The SMILES string of the molecule is CCOc1ccc(COc2ccccc2CC[C@H]([C@H](C)O)n2cnc(C(N)=O)c2)cc1. The smallest absolute Gasteiger partial charge is 0.268 e. The third-order valence-corrected chi connectivity index (χ3v) is 5.10. The van der Waals surface area contributed by atoms with Gasteiger partial charge >= 0.3 is 0 Å². The van der Waals surface area contributed by atoms with Crippen LogP contribution in [0.25, 0.3) is 0 Å². The van der Waals surface area contributed by atoms with Crippen LogP contribution in [0.4, 0.5) is 0 Å². The lowest BCUT2D eigenvalue weighted by molar-refractivity contribution is 0.0994. The number of nitrogens with two attached hydrogens (primary N) is 1. The van der Waals surface area contributed by atoms with E-state index in [1.165, 1.54) is 6.33 Å². The Morgan fingerprint density at radius 3 is 2.55 bits per heavy atom. The Morgan fingerprint density at radius 2 is 1.90 bits per heavy atom. The molecule has 0 spiro atoms. The first kappa shape index (κ1) is 22.4. The number of ether oxygens (including phenoxy) is 2. The minimum atomic E-state index is -0.619. The third-order valence-electron chi connectivity index (χ3n) is 5.10. The van der Waals surface area contributed by atoms with E-state index in [0.29, 0.717) is 26.1 Å². The molecule has 3 rings (SSSR count). The Balaban J connectivity index is 1.65. The van der Waals surface area contributed by atoms with E-state index in [0.717, 1.165) is 22.6 Å². The first-order valence-electron chi connectivity index (χ1n) is 10.4. The highest BCUT2D eigenvalue weighted by molar-refractivity contribution is 5.90. The van der Waals surface area contributed by atoms with Crippen molar-refractivity contribution in [3.8, 4) is 11.5 Å². The Labute approximate surface area is 182 Å².